The minimum absolute atomic E-state index is 0.256. The highest BCUT2D eigenvalue weighted by Crippen LogP contribution is 2.25. The molecule has 0 unspecified atom stereocenters. The lowest BCUT2D eigenvalue weighted by Crippen LogP contribution is -2.10. The number of aromatic amines is 1. The molecule has 4 aromatic rings. The average molecular weight is 302 g/mol. The van der Waals surface area contributed by atoms with Crippen LogP contribution in [0.3, 0.4) is 0 Å². The largest absolute Gasteiger partial charge is 0.459 e. The Morgan fingerprint density at radius 2 is 1.78 bits per heavy atom. The van der Waals surface area contributed by atoms with Crippen LogP contribution >= 0.6 is 0 Å². The molecule has 0 spiro atoms. The van der Waals surface area contributed by atoms with Crippen molar-refractivity contribution in [3.05, 3.63) is 78.8 Å². The van der Waals surface area contributed by atoms with Gasteiger partial charge >= 0.3 is 0 Å². The predicted octanol–water partition coefficient (Wildman–Crippen LogP) is 4.68. The summed E-state index contributed by atoms with van der Waals surface area (Å²) in [7, 11) is 0. The number of anilines is 1. The number of rotatable bonds is 3. The predicted molar refractivity (Wildman–Crippen MR) is 90.4 cm³/mol. The third-order valence-electron chi connectivity index (χ3n) is 3.73. The second kappa shape index (κ2) is 5.50. The molecule has 112 valence electrons. The molecule has 0 radical (unpaired) electrons. The zero-order valence-corrected chi connectivity index (χ0v) is 12.2. The molecular formula is C19H14N2O2. The maximum absolute atomic E-state index is 11.9. The molecule has 2 aromatic carbocycles. The zero-order valence-electron chi connectivity index (χ0n) is 12.2. The van der Waals surface area contributed by atoms with Crippen LogP contribution in [0.2, 0.25) is 0 Å². The molecule has 0 fully saturated rings. The molecule has 0 bridgehead atoms. The van der Waals surface area contributed by atoms with Crippen molar-refractivity contribution in [3.63, 3.8) is 0 Å². The molecule has 0 aliphatic rings. The third-order valence-corrected chi connectivity index (χ3v) is 3.73. The van der Waals surface area contributed by atoms with E-state index in [4.69, 9.17) is 4.42 Å². The van der Waals surface area contributed by atoms with Gasteiger partial charge in [0.15, 0.2) is 5.76 Å². The number of hydrogen-bond acceptors (Lipinski definition) is 2. The van der Waals surface area contributed by atoms with Crippen LogP contribution in [0.1, 0.15) is 10.6 Å². The number of carbonyl (C=O) groups excluding carboxylic acids is 1. The first kappa shape index (κ1) is 13.4. The highest BCUT2D eigenvalue weighted by molar-refractivity contribution is 6.02. The van der Waals surface area contributed by atoms with Crippen LogP contribution in [0.25, 0.3) is 22.2 Å². The average Bonchev–Trinajstić information content (AvgIpc) is 3.25. The van der Waals surface area contributed by atoms with E-state index < -0.39 is 0 Å². The number of carbonyl (C=O) groups is 1. The normalized spacial score (nSPS) is 10.8. The lowest BCUT2D eigenvalue weighted by atomic mass is 10.1. The number of benzene rings is 2. The Morgan fingerprint density at radius 3 is 2.52 bits per heavy atom. The second-order valence-corrected chi connectivity index (χ2v) is 5.28. The Labute approximate surface area is 132 Å². The van der Waals surface area contributed by atoms with Crippen LogP contribution in [-0.2, 0) is 0 Å². The SMILES string of the molecule is O=C(Nc1ccc(-c2cc3ccccc3[nH]2)cc1)c1ccco1. The number of para-hydroxylation sites is 1. The molecule has 23 heavy (non-hydrogen) atoms. The van der Waals surface area contributed by atoms with Crippen molar-refractivity contribution >= 4 is 22.5 Å². The van der Waals surface area contributed by atoms with Gasteiger partial charge in [0.2, 0.25) is 0 Å². The molecule has 0 atom stereocenters. The fraction of sp³-hybridized carbons (Fsp3) is 0. The smallest absolute Gasteiger partial charge is 0.291 e. The molecule has 0 saturated heterocycles. The number of furan rings is 1. The molecule has 1 amide bonds. The summed E-state index contributed by atoms with van der Waals surface area (Å²) >= 11 is 0. The number of hydrogen-bond donors (Lipinski definition) is 2. The van der Waals surface area contributed by atoms with Gasteiger partial charge in [-0.15, -0.1) is 0 Å². The molecule has 4 nitrogen and oxygen atoms in total. The first-order valence-corrected chi connectivity index (χ1v) is 7.33. The monoisotopic (exact) mass is 302 g/mol. The van der Waals surface area contributed by atoms with Crippen molar-refractivity contribution in [1.82, 2.24) is 4.98 Å². The summed E-state index contributed by atoms with van der Waals surface area (Å²) in [6.45, 7) is 0. The Hall–Kier alpha value is -3.27. The van der Waals surface area contributed by atoms with Gasteiger partial charge in [-0.25, -0.2) is 0 Å². The van der Waals surface area contributed by atoms with Gasteiger partial charge in [-0.1, -0.05) is 30.3 Å². The summed E-state index contributed by atoms with van der Waals surface area (Å²) in [6.07, 6.45) is 1.48. The Morgan fingerprint density at radius 1 is 0.957 bits per heavy atom. The lowest BCUT2D eigenvalue weighted by Gasteiger charge is -2.04. The zero-order chi connectivity index (χ0) is 15.6. The Kier molecular flexibility index (Phi) is 3.20. The Balaban J connectivity index is 1.57. The van der Waals surface area contributed by atoms with Gasteiger partial charge in [0.25, 0.3) is 5.91 Å². The molecule has 2 N–H and O–H groups in total. The van der Waals surface area contributed by atoms with E-state index in [1.54, 1.807) is 12.1 Å². The fourth-order valence-corrected chi connectivity index (χ4v) is 2.56. The molecule has 4 rings (SSSR count). The summed E-state index contributed by atoms with van der Waals surface area (Å²) in [4.78, 5) is 15.3. The number of amides is 1. The van der Waals surface area contributed by atoms with Crippen molar-refractivity contribution in [1.29, 1.82) is 0 Å². The molecule has 2 aromatic heterocycles. The third kappa shape index (κ3) is 2.62. The second-order valence-electron chi connectivity index (χ2n) is 5.28. The summed E-state index contributed by atoms with van der Waals surface area (Å²) < 4.78 is 5.08. The van der Waals surface area contributed by atoms with Gasteiger partial charge in [-0.2, -0.15) is 0 Å². The summed E-state index contributed by atoms with van der Waals surface area (Å²) in [5.41, 5.74) is 3.95. The Bertz CT molecular complexity index is 918. The van der Waals surface area contributed by atoms with Crippen molar-refractivity contribution in [2.24, 2.45) is 0 Å². The van der Waals surface area contributed by atoms with E-state index in [0.29, 0.717) is 5.76 Å². The van der Waals surface area contributed by atoms with Gasteiger partial charge < -0.3 is 14.7 Å². The van der Waals surface area contributed by atoms with Gasteiger partial charge in [0.05, 0.1) is 6.26 Å². The molecular weight excluding hydrogens is 288 g/mol. The van der Waals surface area contributed by atoms with Crippen LogP contribution < -0.4 is 5.32 Å². The number of nitrogens with one attached hydrogen (secondary N) is 2. The van der Waals surface area contributed by atoms with Crippen LogP contribution in [0.4, 0.5) is 5.69 Å². The lowest BCUT2D eigenvalue weighted by molar-refractivity contribution is 0.0996. The highest BCUT2D eigenvalue weighted by Gasteiger charge is 2.09. The topological polar surface area (TPSA) is 58.0 Å². The van der Waals surface area contributed by atoms with Crippen LogP contribution in [-0.4, -0.2) is 10.9 Å². The molecule has 2 heterocycles. The number of aromatic nitrogens is 1. The van der Waals surface area contributed by atoms with Crippen molar-refractivity contribution in [3.8, 4) is 11.3 Å². The number of H-pyrrole nitrogens is 1. The van der Waals surface area contributed by atoms with Crippen LogP contribution in [0, 0.1) is 0 Å². The van der Waals surface area contributed by atoms with Crippen LogP contribution in [0.15, 0.2) is 77.4 Å². The fourth-order valence-electron chi connectivity index (χ4n) is 2.56. The molecule has 0 saturated carbocycles. The van der Waals surface area contributed by atoms with E-state index in [9.17, 15) is 4.79 Å². The minimum Gasteiger partial charge on any atom is -0.459 e. The van der Waals surface area contributed by atoms with Crippen molar-refractivity contribution in [2.75, 3.05) is 5.32 Å². The summed E-state index contributed by atoms with van der Waals surface area (Å²) in [6, 6.07) is 21.3. The van der Waals surface area contributed by atoms with Crippen molar-refractivity contribution < 1.29 is 9.21 Å². The van der Waals surface area contributed by atoms with E-state index in [1.165, 1.54) is 11.6 Å². The van der Waals surface area contributed by atoms with E-state index >= 15 is 0 Å². The van der Waals surface area contributed by atoms with E-state index in [2.05, 4.69) is 28.5 Å². The van der Waals surface area contributed by atoms with Crippen LogP contribution in [0.5, 0.6) is 0 Å². The molecule has 0 aliphatic heterocycles. The quantitative estimate of drug-likeness (QED) is 0.577. The number of fused-ring (bicyclic) bond motifs is 1. The maximum atomic E-state index is 11.9. The summed E-state index contributed by atoms with van der Waals surface area (Å²) in [5.74, 6) is 0.0399. The van der Waals surface area contributed by atoms with Gasteiger partial charge in [0.1, 0.15) is 0 Å². The van der Waals surface area contributed by atoms with E-state index in [-0.39, 0.29) is 5.91 Å². The maximum Gasteiger partial charge on any atom is 0.291 e. The van der Waals surface area contributed by atoms with Gasteiger partial charge in [-0.05, 0) is 42.0 Å². The first-order valence-electron chi connectivity index (χ1n) is 7.33. The van der Waals surface area contributed by atoms with E-state index in [0.717, 1.165) is 22.5 Å². The molecule has 4 heteroatoms. The van der Waals surface area contributed by atoms with E-state index in [1.807, 2.05) is 36.4 Å². The summed E-state index contributed by atoms with van der Waals surface area (Å²) in [5, 5.41) is 3.99. The minimum atomic E-state index is -0.256. The molecule has 0 aliphatic carbocycles. The van der Waals surface area contributed by atoms with Gasteiger partial charge in [0, 0.05) is 22.3 Å². The van der Waals surface area contributed by atoms with Crippen molar-refractivity contribution in [2.45, 2.75) is 0 Å². The first-order chi connectivity index (χ1) is 11.3. The standard InChI is InChI=1S/C19H14N2O2/c22-19(18-6-3-11-23-18)20-15-9-7-13(8-10-15)17-12-14-4-1-2-5-16(14)21-17/h1-12,21H,(H,20,22). The van der Waals surface area contributed by atoms with Gasteiger partial charge in [-0.3, -0.25) is 4.79 Å². The highest BCUT2D eigenvalue weighted by atomic mass is 16.3.